The van der Waals surface area contributed by atoms with Crippen LogP contribution in [0.25, 0.3) is 33.4 Å². The Bertz CT molecular complexity index is 2410. The lowest BCUT2D eigenvalue weighted by Crippen LogP contribution is -2.14. The van der Waals surface area contributed by atoms with Crippen LogP contribution < -0.4 is 0 Å². The predicted octanol–water partition coefficient (Wildman–Crippen LogP) is 18.3. The van der Waals surface area contributed by atoms with Crippen LogP contribution in [0.15, 0.2) is 156 Å². The fourth-order valence-corrected chi connectivity index (χ4v) is 8.28. The third-order valence-electron chi connectivity index (χ3n) is 12.5. The van der Waals surface area contributed by atoms with E-state index >= 15 is 0 Å². The Kier molecular flexibility index (Phi) is 31.5. The van der Waals surface area contributed by atoms with Crippen molar-refractivity contribution >= 4 is 34.7 Å². The highest BCUT2D eigenvalue weighted by molar-refractivity contribution is 6.38. The van der Waals surface area contributed by atoms with Gasteiger partial charge in [-0.15, -0.1) is 0 Å². The summed E-state index contributed by atoms with van der Waals surface area (Å²) < 4.78 is 0. The van der Waals surface area contributed by atoms with Gasteiger partial charge in [0, 0.05) is 43.4 Å². The molecule has 0 amide bonds. The second-order valence-electron chi connectivity index (χ2n) is 18.3. The second kappa shape index (κ2) is 33.7. The smallest absolute Gasteiger partial charge is 0.331 e. The molecule has 0 atom stereocenters. The zero-order valence-electron chi connectivity index (χ0n) is 47.4. The summed E-state index contributed by atoms with van der Waals surface area (Å²) in [6.45, 7) is 36.1. The van der Waals surface area contributed by atoms with E-state index in [1.807, 2.05) is 48.5 Å². The Morgan fingerprint density at radius 1 is 0.400 bits per heavy atom. The lowest BCUT2D eigenvalue weighted by atomic mass is 9.82. The van der Waals surface area contributed by atoms with Gasteiger partial charge in [-0.2, -0.15) is 0 Å². The Labute approximate surface area is 453 Å². The summed E-state index contributed by atoms with van der Waals surface area (Å²) in [5.74, 6) is -0.686. The molecule has 0 saturated carbocycles. The van der Waals surface area contributed by atoms with Crippen LogP contribution in [0, 0.1) is 0 Å². The molecule has 0 fully saturated rings. The molecular formula is C67H92N2O6. The number of Topliss-reactive ketones (excluding diaryl/α,β-unsaturated/α-hetero) is 3. The van der Waals surface area contributed by atoms with Crippen molar-refractivity contribution in [1.29, 1.82) is 0 Å². The third-order valence-corrected chi connectivity index (χ3v) is 12.5. The van der Waals surface area contributed by atoms with Gasteiger partial charge in [-0.05, 0) is 87.5 Å². The van der Waals surface area contributed by atoms with E-state index in [1.54, 1.807) is 6.92 Å². The van der Waals surface area contributed by atoms with Crippen molar-refractivity contribution in [2.24, 2.45) is 10.3 Å². The number of benzene rings is 6. The molecule has 8 heteroatoms. The molecule has 9 rings (SSSR count). The molecule has 0 radical (unpaired) electrons. The average Bonchev–Trinajstić information content (AvgIpc) is 3.90. The fraction of sp³-hybridized carbons (Fsp3) is 0.373. The van der Waals surface area contributed by atoms with Crippen molar-refractivity contribution in [3.05, 3.63) is 179 Å². The zero-order valence-corrected chi connectivity index (χ0v) is 47.4. The molecule has 3 aliphatic carbocycles. The molecule has 0 unspecified atom stereocenters. The third kappa shape index (κ3) is 18.4. The molecule has 3 aliphatic rings. The van der Waals surface area contributed by atoms with Gasteiger partial charge in [-0.25, -0.2) is 4.79 Å². The molecule has 0 bridgehead atoms. The molecule has 75 heavy (non-hydrogen) atoms. The van der Waals surface area contributed by atoms with Gasteiger partial charge in [-0.1, -0.05) is 261 Å². The summed E-state index contributed by atoms with van der Waals surface area (Å²) in [4.78, 5) is 44.7. The molecule has 406 valence electrons. The molecule has 0 aromatic heterocycles. The average molecular weight is 1020 g/mol. The Hall–Kier alpha value is -7.06. The normalized spacial score (nSPS) is 12.8. The van der Waals surface area contributed by atoms with Crippen molar-refractivity contribution < 1.29 is 29.2 Å². The fourth-order valence-electron chi connectivity index (χ4n) is 8.28. The first-order chi connectivity index (χ1) is 34.6. The highest BCUT2D eigenvalue weighted by atomic mass is 16.7. The van der Waals surface area contributed by atoms with E-state index in [0.29, 0.717) is 6.42 Å². The van der Waals surface area contributed by atoms with E-state index in [9.17, 15) is 19.2 Å². The number of carbonyl (C=O) groups excluding carboxylic acids is 4. The Morgan fingerprint density at radius 3 is 0.720 bits per heavy atom. The van der Waals surface area contributed by atoms with Gasteiger partial charge in [-0.3, -0.25) is 9.59 Å². The summed E-state index contributed by atoms with van der Waals surface area (Å²) in [6.07, 6.45) is 0.667. The van der Waals surface area contributed by atoms with Crippen LogP contribution in [-0.2, 0) is 40.3 Å². The maximum absolute atomic E-state index is 10.4. The lowest BCUT2D eigenvalue weighted by Gasteiger charge is -2.20. The van der Waals surface area contributed by atoms with Crippen LogP contribution in [0.4, 0.5) is 0 Å². The standard InChI is InChI=1S/3C15H14.C6H9NO3.C4H7NO2.C4H8O.3C2H6.2CH4/c3*1-15(2)13-9-5-3-7-11(13)12-8-4-6-10-14(12)15;1-4(5(2)8)7-10-6(3)9;1-3(5-7)4(2)6;1-3-4(2)5;3*1-2;;/h3*3-10H,1-2H3;1-3H3;7H,1-2H3;3H2,1-2H3;3*1-2H3;2*1H4/b;;;7-4+;5-3+;;;;;;. The zero-order chi connectivity index (χ0) is 55.7. The number of ketones is 3. The van der Waals surface area contributed by atoms with Gasteiger partial charge in [0.05, 0.1) is 0 Å². The van der Waals surface area contributed by atoms with E-state index in [0.717, 1.165) is 0 Å². The number of nitrogens with zero attached hydrogens (tertiary/aromatic N) is 2. The first-order valence-corrected chi connectivity index (χ1v) is 25.6. The van der Waals surface area contributed by atoms with Gasteiger partial charge in [0.25, 0.3) is 0 Å². The number of hydrogen-bond acceptors (Lipinski definition) is 8. The summed E-state index contributed by atoms with van der Waals surface area (Å²) in [5.41, 5.74) is 17.9. The van der Waals surface area contributed by atoms with Gasteiger partial charge >= 0.3 is 5.97 Å². The predicted molar refractivity (Wildman–Crippen MR) is 322 cm³/mol. The maximum atomic E-state index is 10.4. The Morgan fingerprint density at radius 2 is 0.587 bits per heavy atom. The minimum atomic E-state index is -0.527. The van der Waals surface area contributed by atoms with Crippen molar-refractivity contribution in [2.75, 3.05) is 0 Å². The van der Waals surface area contributed by atoms with Crippen molar-refractivity contribution in [2.45, 2.75) is 169 Å². The first-order valence-electron chi connectivity index (χ1n) is 25.6. The quantitative estimate of drug-likeness (QED) is 0.0812. The van der Waals surface area contributed by atoms with E-state index in [-0.39, 0.29) is 59.9 Å². The van der Waals surface area contributed by atoms with Crippen LogP contribution in [0.5, 0.6) is 0 Å². The number of rotatable bonds is 4. The molecule has 6 aromatic rings. The van der Waals surface area contributed by atoms with Crippen LogP contribution in [0.1, 0.15) is 186 Å². The summed E-state index contributed by atoms with van der Waals surface area (Å²) in [5, 5.41) is 13.8. The molecule has 0 aliphatic heterocycles. The van der Waals surface area contributed by atoms with Crippen molar-refractivity contribution in [3.8, 4) is 33.4 Å². The van der Waals surface area contributed by atoms with Crippen LogP contribution >= 0.6 is 0 Å². The highest BCUT2D eigenvalue weighted by Crippen LogP contribution is 2.50. The van der Waals surface area contributed by atoms with Gasteiger partial charge in [0.1, 0.15) is 17.2 Å². The van der Waals surface area contributed by atoms with Crippen LogP contribution in [-0.4, -0.2) is 39.9 Å². The van der Waals surface area contributed by atoms with Crippen molar-refractivity contribution in [1.82, 2.24) is 0 Å². The second-order valence-corrected chi connectivity index (χ2v) is 18.3. The highest BCUT2D eigenvalue weighted by Gasteiger charge is 2.36. The first kappa shape index (κ1) is 70.0. The molecule has 8 nitrogen and oxygen atoms in total. The van der Waals surface area contributed by atoms with E-state index in [2.05, 4.69) is 202 Å². The number of hydrogen-bond donors (Lipinski definition) is 1. The van der Waals surface area contributed by atoms with Gasteiger partial charge in [0.2, 0.25) is 0 Å². The van der Waals surface area contributed by atoms with Crippen LogP contribution in [0.3, 0.4) is 0 Å². The molecule has 0 saturated heterocycles. The van der Waals surface area contributed by atoms with E-state index in [1.165, 1.54) is 101 Å². The molecular weight excluding hydrogens is 929 g/mol. The molecule has 1 N–H and O–H groups in total. The van der Waals surface area contributed by atoms with Crippen molar-refractivity contribution in [3.63, 3.8) is 0 Å². The molecule has 0 heterocycles. The lowest BCUT2D eigenvalue weighted by molar-refractivity contribution is -0.141. The van der Waals surface area contributed by atoms with Gasteiger partial charge < -0.3 is 14.8 Å². The SMILES string of the molecule is C.C.CC.CC.CC.CC(=O)/C(C)=N/O.CC(=O)O/N=C(\C)C(C)=O.CC1(C)c2ccccc2-c2ccccc21.CC1(C)c2ccccc2-c2ccccc21.CC1(C)c2ccccc2-c2ccccc21.CCC(C)=O. The van der Waals surface area contributed by atoms with E-state index < -0.39 is 5.97 Å². The Balaban J connectivity index is 0. The minimum absolute atomic E-state index is 0. The topological polar surface area (TPSA) is 122 Å². The number of carbonyl (C=O) groups is 4. The monoisotopic (exact) mass is 1020 g/mol. The molecule has 6 aromatic carbocycles. The number of fused-ring (bicyclic) bond motifs is 9. The van der Waals surface area contributed by atoms with E-state index in [4.69, 9.17) is 5.21 Å². The summed E-state index contributed by atoms with van der Waals surface area (Å²) in [7, 11) is 0. The summed E-state index contributed by atoms with van der Waals surface area (Å²) in [6, 6.07) is 52.3. The maximum Gasteiger partial charge on any atom is 0.331 e. The number of oxime groups is 2. The molecule has 0 spiro atoms. The largest absolute Gasteiger partial charge is 0.411 e. The van der Waals surface area contributed by atoms with Gasteiger partial charge in [0.15, 0.2) is 11.6 Å². The van der Waals surface area contributed by atoms with Crippen LogP contribution in [0.2, 0.25) is 0 Å². The minimum Gasteiger partial charge on any atom is -0.411 e. The summed E-state index contributed by atoms with van der Waals surface area (Å²) >= 11 is 0.